The number of hydrogen-bond acceptors (Lipinski definition) is 15. The molecule has 4 amide bonds. The number of fused-ring (bicyclic) bond motifs is 3. The minimum absolute atomic E-state index is 0.0197. The zero-order chi connectivity index (χ0) is 51.7. The summed E-state index contributed by atoms with van der Waals surface area (Å²) < 4.78 is 6.38. The zero-order valence-electron chi connectivity index (χ0n) is 40.6. The van der Waals surface area contributed by atoms with Gasteiger partial charge in [-0.2, -0.15) is 4.98 Å². The minimum Gasteiger partial charge on any atom is -0.480 e. The van der Waals surface area contributed by atoms with E-state index in [0.717, 1.165) is 11.1 Å². The van der Waals surface area contributed by atoms with Gasteiger partial charge >= 0.3 is 5.97 Å². The van der Waals surface area contributed by atoms with Gasteiger partial charge in [0.05, 0.1) is 71.8 Å². The molecule has 5 aromatic rings. The van der Waals surface area contributed by atoms with Crippen molar-refractivity contribution >= 4 is 69.5 Å². The molecule has 1 unspecified atom stereocenters. The van der Waals surface area contributed by atoms with E-state index in [9.17, 15) is 39.0 Å². The third-order valence-corrected chi connectivity index (χ3v) is 11.7. The number of nitrogens with two attached hydrogens (primary N) is 2. The summed E-state index contributed by atoms with van der Waals surface area (Å²) in [6.07, 6.45) is 1.12. The van der Waals surface area contributed by atoms with Gasteiger partial charge in [-0.1, -0.05) is 42.5 Å². The van der Waals surface area contributed by atoms with Gasteiger partial charge in [-0.05, 0) is 83.9 Å². The molecule has 1 aliphatic rings. The van der Waals surface area contributed by atoms with Crippen molar-refractivity contribution in [3.63, 3.8) is 0 Å². The average molecular weight is 975 g/mol. The Labute approximate surface area is 410 Å². The molecule has 6 rings (SSSR count). The van der Waals surface area contributed by atoms with E-state index in [1.165, 1.54) is 18.3 Å². The molecule has 3 heterocycles. The third kappa shape index (κ3) is 13.7. The van der Waals surface area contributed by atoms with Crippen molar-refractivity contribution in [2.75, 3.05) is 42.3 Å². The number of carbonyl (C=O) groups excluding carboxylic acids is 4. The number of rotatable bonds is 21. The Morgan fingerprint density at radius 1 is 0.887 bits per heavy atom. The number of carboxylic acid groups (broad SMARTS) is 1. The first-order valence-electron chi connectivity index (χ1n) is 23.0. The first-order valence-corrected chi connectivity index (χ1v) is 23.0. The third-order valence-electron chi connectivity index (χ3n) is 11.7. The van der Waals surface area contributed by atoms with Crippen molar-refractivity contribution in [3.8, 4) is 0 Å². The SMILES string of the molecule is CC(C)(COC(C)(C)CNC(=O)CCC(NC(=O)c1ccc(NCc2cnc3nc(N)[nH]c(=O)c3n2)cc1)C(=O)O)N/C1=C(\N)c2ccccc2N(C(=O)CCNC(=O)C(C)(C)CO)Cc2ccccc21. The quantitative estimate of drug-likeness (QED) is 0.0505. The van der Waals surface area contributed by atoms with Gasteiger partial charge < -0.3 is 57.9 Å². The van der Waals surface area contributed by atoms with E-state index >= 15 is 0 Å². The highest BCUT2D eigenvalue weighted by molar-refractivity contribution is 6.01. The molecule has 0 saturated heterocycles. The van der Waals surface area contributed by atoms with Crippen molar-refractivity contribution in [3.05, 3.63) is 117 Å². The van der Waals surface area contributed by atoms with Crippen molar-refractivity contribution in [2.24, 2.45) is 11.1 Å². The van der Waals surface area contributed by atoms with Gasteiger partial charge in [-0.15, -0.1) is 0 Å². The standard InChI is InChI=1S/C50H62N12O9/c1-48(2,27-63)46(70)53-22-21-38(65)62-25-30-11-7-8-12-33(30)40(39(51)34-13-9-10-14-36(34)62)61-49(3,4)28-71-50(5,6)26-56-37(64)20-19-35(45(68)69)58-43(66)29-15-17-31(18-16-29)54-23-32-24-55-42-41(57-32)44(67)60-47(52)59-42/h7-18,24,35,54,61,63H,19-23,25-28,51H2,1-6H3,(H,53,70)(H,56,64)(H,58,66)(H,68,69)(H3,52,55,59,60,67)/b40-39-. The van der Waals surface area contributed by atoms with Crippen LogP contribution < -0.4 is 48.5 Å². The Morgan fingerprint density at radius 3 is 2.28 bits per heavy atom. The molecule has 0 radical (unpaired) electrons. The van der Waals surface area contributed by atoms with E-state index in [1.807, 2.05) is 76.2 Å². The lowest BCUT2D eigenvalue weighted by atomic mass is 9.93. The summed E-state index contributed by atoms with van der Waals surface area (Å²) in [6, 6.07) is 19.9. The second kappa shape index (κ2) is 22.2. The van der Waals surface area contributed by atoms with Crippen LogP contribution >= 0.6 is 0 Å². The molecule has 71 heavy (non-hydrogen) atoms. The normalized spacial score (nSPS) is 14.3. The summed E-state index contributed by atoms with van der Waals surface area (Å²) in [7, 11) is 0. The smallest absolute Gasteiger partial charge is 0.326 e. The zero-order valence-corrected chi connectivity index (χ0v) is 40.6. The molecule has 21 heteroatoms. The first-order chi connectivity index (χ1) is 33.6. The summed E-state index contributed by atoms with van der Waals surface area (Å²) >= 11 is 0. The molecular weight excluding hydrogens is 913 g/mol. The second-order valence-electron chi connectivity index (χ2n) is 19.1. The average Bonchev–Trinajstić information content (AvgIpc) is 3.34. The van der Waals surface area contributed by atoms with Crippen LogP contribution in [0.1, 0.15) is 93.5 Å². The topological polar surface area (TPSA) is 322 Å². The molecule has 0 spiro atoms. The highest BCUT2D eigenvalue weighted by Crippen LogP contribution is 2.36. The van der Waals surface area contributed by atoms with Crippen LogP contribution in [0.15, 0.2) is 83.8 Å². The van der Waals surface area contributed by atoms with E-state index in [1.54, 1.807) is 30.9 Å². The van der Waals surface area contributed by atoms with Gasteiger partial charge in [-0.25, -0.2) is 14.8 Å². The maximum Gasteiger partial charge on any atom is 0.326 e. The number of aliphatic hydroxyl groups excluding tert-OH is 1. The molecule has 0 aliphatic carbocycles. The Balaban J connectivity index is 1.01. The van der Waals surface area contributed by atoms with Gasteiger partial charge in [0.15, 0.2) is 11.2 Å². The van der Waals surface area contributed by atoms with E-state index in [2.05, 4.69) is 46.5 Å². The number of carboxylic acids is 1. The predicted octanol–water partition coefficient (Wildman–Crippen LogP) is 3.01. The molecule has 2 aromatic heterocycles. The number of nitrogen functional groups attached to an aromatic ring is 1. The number of nitrogens with zero attached hydrogens (tertiary/aromatic N) is 4. The minimum atomic E-state index is -1.35. The number of benzene rings is 3. The lowest BCUT2D eigenvalue weighted by molar-refractivity contribution is -0.139. The number of aliphatic carboxylic acids is 1. The van der Waals surface area contributed by atoms with E-state index < -0.39 is 45.9 Å². The summed E-state index contributed by atoms with van der Waals surface area (Å²) in [5.74, 6) is -3.00. The fourth-order valence-corrected chi connectivity index (χ4v) is 7.42. The summed E-state index contributed by atoms with van der Waals surface area (Å²) in [6.45, 7) is 11.2. The maximum atomic E-state index is 13.9. The molecular formula is C50H62N12O9. The largest absolute Gasteiger partial charge is 0.480 e. The van der Waals surface area contributed by atoms with Gasteiger partial charge in [-0.3, -0.25) is 29.0 Å². The van der Waals surface area contributed by atoms with Crippen LogP contribution in [0.3, 0.4) is 0 Å². The summed E-state index contributed by atoms with van der Waals surface area (Å²) in [5.41, 5.74) is 14.8. The molecule has 21 nitrogen and oxygen atoms in total. The van der Waals surface area contributed by atoms with Gasteiger partial charge in [0.1, 0.15) is 6.04 Å². The first kappa shape index (κ1) is 52.5. The van der Waals surface area contributed by atoms with Crippen molar-refractivity contribution in [1.29, 1.82) is 0 Å². The van der Waals surface area contributed by atoms with Crippen LogP contribution in [0, 0.1) is 5.41 Å². The number of hydrogen-bond donors (Lipinski definition) is 10. The molecule has 12 N–H and O–H groups in total. The Kier molecular flexibility index (Phi) is 16.4. The van der Waals surface area contributed by atoms with Gasteiger partial charge in [0.2, 0.25) is 23.7 Å². The maximum absolute atomic E-state index is 13.9. The van der Waals surface area contributed by atoms with Crippen LogP contribution in [0.2, 0.25) is 0 Å². The molecule has 1 aliphatic heterocycles. The lowest BCUT2D eigenvalue weighted by Crippen LogP contribution is -2.48. The predicted molar refractivity (Wildman–Crippen MR) is 268 cm³/mol. The molecule has 1 atom stereocenters. The van der Waals surface area contributed by atoms with Crippen LogP contribution in [0.5, 0.6) is 0 Å². The highest BCUT2D eigenvalue weighted by atomic mass is 16.5. The molecule has 0 fully saturated rings. The Bertz CT molecular complexity index is 2880. The summed E-state index contributed by atoms with van der Waals surface area (Å²) in [4.78, 5) is 93.3. The van der Waals surface area contributed by atoms with Crippen LogP contribution in [0.25, 0.3) is 22.6 Å². The molecule has 376 valence electrons. The molecule has 0 saturated carbocycles. The van der Waals surface area contributed by atoms with Crippen molar-refractivity contribution in [2.45, 2.75) is 91.1 Å². The number of amides is 4. The van der Waals surface area contributed by atoms with E-state index in [4.69, 9.17) is 16.2 Å². The molecule has 0 bridgehead atoms. The Morgan fingerprint density at radius 2 is 1.58 bits per heavy atom. The number of aromatic nitrogens is 4. The van der Waals surface area contributed by atoms with Crippen LogP contribution in [0.4, 0.5) is 17.3 Å². The fraction of sp³-hybridized carbons (Fsp3) is 0.380. The van der Waals surface area contributed by atoms with Gasteiger partial charge in [0, 0.05) is 48.3 Å². The van der Waals surface area contributed by atoms with Crippen LogP contribution in [-0.4, -0.2) is 103 Å². The second-order valence-corrected chi connectivity index (χ2v) is 19.1. The van der Waals surface area contributed by atoms with Crippen molar-refractivity contribution < 1.29 is 38.9 Å². The Hall–Kier alpha value is -7.91. The van der Waals surface area contributed by atoms with E-state index in [0.29, 0.717) is 34.0 Å². The van der Waals surface area contributed by atoms with Gasteiger partial charge in [0.25, 0.3) is 11.5 Å². The number of aromatic amines is 1. The number of carbonyl (C=O) groups is 5. The number of anilines is 3. The summed E-state index contributed by atoms with van der Waals surface area (Å²) in [5, 5.41) is 34.3. The lowest BCUT2D eigenvalue weighted by Gasteiger charge is -2.36. The number of aliphatic hydroxyl groups is 1. The number of H-pyrrole nitrogens is 1. The van der Waals surface area contributed by atoms with E-state index in [-0.39, 0.29) is 93.1 Å². The monoisotopic (exact) mass is 974 g/mol. The number of ether oxygens (including phenoxy) is 1. The van der Waals surface area contributed by atoms with Crippen molar-refractivity contribution in [1.82, 2.24) is 41.2 Å². The molecule has 3 aromatic carbocycles. The van der Waals surface area contributed by atoms with Crippen LogP contribution in [-0.2, 0) is 37.0 Å². The fourth-order valence-electron chi connectivity index (χ4n) is 7.42. The number of para-hydroxylation sites is 1. The highest BCUT2D eigenvalue weighted by Gasteiger charge is 2.32. The number of nitrogens with one attached hydrogen (secondary N) is 6.